The Hall–Kier alpha value is -2.87. The van der Waals surface area contributed by atoms with E-state index in [0.717, 1.165) is 19.3 Å². The van der Waals surface area contributed by atoms with Crippen molar-refractivity contribution in [3.05, 3.63) is 51.8 Å². The fourth-order valence-electron chi connectivity index (χ4n) is 3.32. The number of ketones is 1. The van der Waals surface area contributed by atoms with Gasteiger partial charge in [0.15, 0.2) is 5.78 Å². The number of nitrogens with one attached hydrogen (secondary N) is 1. The van der Waals surface area contributed by atoms with E-state index in [9.17, 15) is 14.9 Å². The van der Waals surface area contributed by atoms with Crippen LogP contribution in [0.3, 0.4) is 0 Å². The Labute approximate surface area is 153 Å². The van der Waals surface area contributed by atoms with Crippen LogP contribution in [0.2, 0.25) is 0 Å². The summed E-state index contributed by atoms with van der Waals surface area (Å²) in [4.78, 5) is 24.5. The van der Waals surface area contributed by atoms with Crippen LogP contribution in [0.1, 0.15) is 64.1 Å². The summed E-state index contributed by atoms with van der Waals surface area (Å²) in [5, 5.41) is 11.8. The first-order chi connectivity index (χ1) is 12.5. The van der Waals surface area contributed by atoms with E-state index in [4.69, 9.17) is 4.42 Å². The van der Waals surface area contributed by atoms with Crippen LogP contribution in [0, 0.1) is 25.2 Å². The number of nitrogens with zero attached hydrogens (tertiary/aromatic N) is 1. The number of amides is 1. The van der Waals surface area contributed by atoms with Gasteiger partial charge in [-0.2, -0.15) is 5.26 Å². The summed E-state index contributed by atoms with van der Waals surface area (Å²) in [7, 11) is 0. The van der Waals surface area contributed by atoms with Gasteiger partial charge in [0.2, 0.25) is 11.8 Å². The molecular weight excluding hydrogens is 328 g/mol. The smallest absolute Gasteiger partial charge is 0.227 e. The quantitative estimate of drug-likeness (QED) is 0.817. The van der Waals surface area contributed by atoms with Gasteiger partial charge in [-0.05, 0) is 56.7 Å². The molecule has 0 fully saturated rings. The van der Waals surface area contributed by atoms with Gasteiger partial charge in [0.25, 0.3) is 0 Å². The normalized spacial score (nSPS) is 13.0. The number of fused-ring (bicyclic) bond motifs is 1. The molecule has 26 heavy (non-hydrogen) atoms. The lowest BCUT2D eigenvalue weighted by atomic mass is 9.89. The molecule has 2 aromatic rings. The number of hydrogen-bond donors (Lipinski definition) is 1. The Morgan fingerprint density at radius 2 is 1.88 bits per heavy atom. The Morgan fingerprint density at radius 1 is 1.15 bits per heavy atom. The third-order valence-corrected chi connectivity index (χ3v) is 5.00. The molecular formula is C21H22N2O3. The van der Waals surface area contributed by atoms with Gasteiger partial charge in [0.05, 0.1) is 0 Å². The first kappa shape index (κ1) is 17.9. The topological polar surface area (TPSA) is 83.1 Å². The standard InChI is InChI=1S/C21H22N2O3/c1-13-14(2)26-21(18(13)12-22)23-20(25)10-9-19(24)17-8-7-15-5-3-4-6-16(15)11-17/h7-8,11H,3-6,9-10H2,1-2H3,(H,23,25). The number of rotatable bonds is 5. The highest BCUT2D eigenvalue weighted by molar-refractivity contribution is 6.00. The van der Waals surface area contributed by atoms with E-state index in [0.29, 0.717) is 22.5 Å². The molecule has 1 amide bonds. The molecule has 0 saturated carbocycles. The van der Waals surface area contributed by atoms with Crippen LogP contribution in [0.15, 0.2) is 22.6 Å². The number of nitriles is 1. The number of furan rings is 1. The van der Waals surface area contributed by atoms with Crippen molar-refractivity contribution in [2.45, 2.75) is 52.4 Å². The van der Waals surface area contributed by atoms with Gasteiger partial charge in [-0.15, -0.1) is 0 Å². The average Bonchev–Trinajstić information content (AvgIpc) is 2.92. The van der Waals surface area contributed by atoms with E-state index >= 15 is 0 Å². The van der Waals surface area contributed by atoms with Gasteiger partial charge in [0, 0.05) is 24.0 Å². The second-order valence-corrected chi connectivity index (χ2v) is 6.76. The van der Waals surface area contributed by atoms with Crippen molar-refractivity contribution < 1.29 is 14.0 Å². The largest absolute Gasteiger partial charge is 0.444 e. The Bertz CT molecular complexity index is 903. The molecule has 0 unspecified atom stereocenters. The zero-order valence-electron chi connectivity index (χ0n) is 15.1. The Kier molecular flexibility index (Phi) is 5.22. The zero-order valence-corrected chi connectivity index (χ0v) is 15.1. The monoisotopic (exact) mass is 350 g/mol. The van der Waals surface area contributed by atoms with Crippen molar-refractivity contribution in [3.63, 3.8) is 0 Å². The molecule has 1 N–H and O–H groups in total. The molecule has 0 bridgehead atoms. The Balaban J connectivity index is 1.60. The molecule has 1 aliphatic rings. The number of aryl methyl sites for hydroxylation is 3. The summed E-state index contributed by atoms with van der Waals surface area (Å²) in [6, 6.07) is 7.90. The summed E-state index contributed by atoms with van der Waals surface area (Å²) >= 11 is 0. The van der Waals surface area contributed by atoms with Gasteiger partial charge >= 0.3 is 0 Å². The summed E-state index contributed by atoms with van der Waals surface area (Å²) < 4.78 is 5.42. The molecule has 0 spiro atoms. The molecule has 1 heterocycles. The molecule has 0 atom stereocenters. The molecule has 0 saturated heterocycles. The average molecular weight is 350 g/mol. The van der Waals surface area contributed by atoms with E-state index in [1.165, 1.54) is 17.5 Å². The molecule has 1 aliphatic carbocycles. The number of carbonyl (C=O) groups is 2. The van der Waals surface area contributed by atoms with E-state index in [-0.39, 0.29) is 30.4 Å². The number of anilines is 1. The first-order valence-corrected chi connectivity index (χ1v) is 8.94. The number of benzene rings is 1. The molecule has 1 aromatic carbocycles. The minimum Gasteiger partial charge on any atom is -0.444 e. The maximum absolute atomic E-state index is 12.4. The fourth-order valence-corrected chi connectivity index (χ4v) is 3.32. The molecule has 5 nitrogen and oxygen atoms in total. The fraction of sp³-hybridized carbons (Fsp3) is 0.381. The van der Waals surface area contributed by atoms with E-state index in [2.05, 4.69) is 5.32 Å². The molecule has 5 heteroatoms. The number of carbonyl (C=O) groups excluding carboxylic acids is 2. The van der Waals surface area contributed by atoms with Crippen LogP contribution < -0.4 is 5.32 Å². The third kappa shape index (κ3) is 3.70. The highest BCUT2D eigenvalue weighted by Crippen LogP contribution is 2.26. The predicted octanol–water partition coefficient (Wildman–Crippen LogP) is 4.25. The maximum Gasteiger partial charge on any atom is 0.227 e. The second kappa shape index (κ2) is 7.57. The van der Waals surface area contributed by atoms with Gasteiger partial charge < -0.3 is 4.42 Å². The molecule has 0 radical (unpaired) electrons. The van der Waals surface area contributed by atoms with Crippen molar-refractivity contribution in [2.24, 2.45) is 0 Å². The van der Waals surface area contributed by atoms with Crippen LogP contribution in [-0.4, -0.2) is 11.7 Å². The summed E-state index contributed by atoms with van der Waals surface area (Å²) in [6.45, 7) is 3.51. The minimum absolute atomic E-state index is 0.0409. The van der Waals surface area contributed by atoms with Gasteiger partial charge in [-0.3, -0.25) is 14.9 Å². The highest BCUT2D eigenvalue weighted by Gasteiger charge is 2.18. The first-order valence-electron chi connectivity index (χ1n) is 8.94. The van der Waals surface area contributed by atoms with Crippen LogP contribution in [-0.2, 0) is 17.6 Å². The van der Waals surface area contributed by atoms with Crippen molar-refractivity contribution in [1.29, 1.82) is 5.26 Å². The molecule has 134 valence electrons. The molecule has 3 rings (SSSR count). The van der Waals surface area contributed by atoms with Crippen molar-refractivity contribution in [1.82, 2.24) is 0 Å². The van der Waals surface area contributed by atoms with Gasteiger partial charge in [0.1, 0.15) is 17.4 Å². The van der Waals surface area contributed by atoms with Crippen LogP contribution in [0.4, 0.5) is 5.88 Å². The van der Waals surface area contributed by atoms with Crippen LogP contribution >= 0.6 is 0 Å². The van der Waals surface area contributed by atoms with E-state index in [1.807, 2.05) is 24.3 Å². The molecule has 0 aliphatic heterocycles. The number of Topliss-reactive ketones (excluding diaryl/α,β-unsaturated/α-hetero) is 1. The van der Waals surface area contributed by atoms with Crippen LogP contribution in [0.25, 0.3) is 0 Å². The van der Waals surface area contributed by atoms with Gasteiger partial charge in [-0.1, -0.05) is 12.1 Å². The van der Waals surface area contributed by atoms with Crippen molar-refractivity contribution in [3.8, 4) is 6.07 Å². The predicted molar refractivity (Wildman–Crippen MR) is 98.2 cm³/mol. The lowest BCUT2D eigenvalue weighted by Crippen LogP contribution is -2.14. The summed E-state index contributed by atoms with van der Waals surface area (Å²) in [5.74, 6) is 0.387. The Morgan fingerprint density at radius 3 is 2.62 bits per heavy atom. The van der Waals surface area contributed by atoms with Crippen molar-refractivity contribution in [2.75, 3.05) is 5.32 Å². The van der Waals surface area contributed by atoms with Crippen LogP contribution in [0.5, 0.6) is 0 Å². The lowest BCUT2D eigenvalue weighted by Gasteiger charge is -2.16. The third-order valence-electron chi connectivity index (χ3n) is 5.00. The van der Waals surface area contributed by atoms with Crippen molar-refractivity contribution >= 4 is 17.6 Å². The van der Waals surface area contributed by atoms with Gasteiger partial charge in [-0.25, -0.2) is 0 Å². The number of hydrogen-bond acceptors (Lipinski definition) is 4. The minimum atomic E-state index is -0.332. The highest BCUT2D eigenvalue weighted by atomic mass is 16.4. The SMILES string of the molecule is Cc1oc(NC(=O)CCC(=O)c2ccc3c(c2)CCCC3)c(C#N)c1C. The zero-order chi connectivity index (χ0) is 18.7. The summed E-state index contributed by atoms with van der Waals surface area (Å²) in [5.41, 5.74) is 4.30. The summed E-state index contributed by atoms with van der Waals surface area (Å²) in [6.07, 6.45) is 4.65. The lowest BCUT2D eigenvalue weighted by molar-refractivity contribution is -0.116. The maximum atomic E-state index is 12.4. The molecule has 1 aromatic heterocycles. The van der Waals surface area contributed by atoms with E-state index < -0.39 is 0 Å². The second-order valence-electron chi connectivity index (χ2n) is 6.76. The van der Waals surface area contributed by atoms with E-state index in [1.54, 1.807) is 13.8 Å².